The SMILES string of the molecule is O=S(=O)(NCC1CCN(CCOc2cccc3c2OCCO3)CC1)c1cccc(O)c1. The van der Waals surface area contributed by atoms with Gasteiger partial charge >= 0.3 is 0 Å². The molecule has 2 aromatic carbocycles. The van der Waals surface area contributed by atoms with Gasteiger partial charge in [0.25, 0.3) is 0 Å². The first-order valence-corrected chi connectivity index (χ1v) is 12.0. The van der Waals surface area contributed by atoms with Crippen LogP contribution in [0.25, 0.3) is 0 Å². The van der Waals surface area contributed by atoms with Crippen molar-refractivity contribution in [2.75, 3.05) is 46.0 Å². The highest BCUT2D eigenvalue weighted by Crippen LogP contribution is 2.38. The average Bonchev–Trinajstić information content (AvgIpc) is 2.79. The quantitative estimate of drug-likeness (QED) is 0.639. The van der Waals surface area contributed by atoms with Crippen molar-refractivity contribution in [2.24, 2.45) is 5.92 Å². The Morgan fingerprint density at radius 1 is 1.10 bits per heavy atom. The Labute approximate surface area is 182 Å². The minimum absolute atomic E-state index is 0.0616. The number of piperidine rings is 1. The Morgan fingerprint density at radius 2 is 1.87 bits per heavy atom. The molecule has 0 unspecified atom stereocenters. The lowest BCUT2D eigenvalue weighted by Crippen LogP contribution is -2.40. The van der Waals surface area contributed by atoms with Gasteiger partial charge in [-0.25, -0.2) is 13.1 Å². The van der Waals surface area contributed by atoms with Crippen molar-refractivity contribution in [1.29, 1.82) is 0 Å². The van der Waals surface area contributed by atoms with Crippen LogP contribution in [-0.2, 0) is 10.0 Å². The fourth-order valence-corrected chi connectivity index (χ4v) is 4.98. The van der Waals surface area contributed by atoms with Gasteiger partial charge < -0.3 is 19.3 Å². The van der Waals surface area contributed by atoms with Gasteiger partial charge in [-0.05, 0) is 62.2 Å². The number of hydrogen-bond donors (Lipinski definition) is 2. The van der Waals surface area contributed by atoms with Crippen molar-refractivity contribution in [3.63, 3.8) is 0 Å². The number of likely N-dealkylation sites (tertiary alicyclic amines) is 1. The molecular formula is C22H28N2O6S. The van der Waals surface area contributed by atoms with Gasteiger partial charge in [0, 0.05) is 13.1 Å². The number of para-hydroxylation sites is 1. The van der Waals surface area contributed by atoms with Crippen LogP contribution in [0.1, 0.15) is 12.8 Å². The molecule has 0 spiro atoms. The number of fused-ring (bicyclic) bond motifs is 1. The second-order valence-corrected chi connectivity index (χ2v) is 9.53. The summed E-state index contributed by atoms with van der Waals surface area (Å²) < 4.78 is 44.6. The number of benzene rings is 2. The fraction of sp³-hybridized carbons (Fsp3) is 0.455. The summed E-state index contributed by atoms with van der Waals surface area (Å²) in [6, 6.07) is 11.4. The summed E-state index contributed by atoms with van der Waals surface area (Å²) in [7, 11) is -3.61. The third kappa shape index (κ3) is 5.61. The molecule has 0 aromatic heterocycles. The molecule has 1 fully saturated rings. The van der Waals surface area contributed by atoms with Crippen molar-refractivity contribution in [3.8, 4) is 23.0 Å². The Morgan fingerprint density at radius 3 is 2.68 bits per heavy atom. The van der Waals surface area contributed by atoms with E-state index in [1.165, 1.54) is 24.3 Å². The summed E-state index contributed by atoms with van der Waals surface area (Å²) >= 11 is 0. The average molecular weight is 449 g/mol. The highest BCUT2D eigenvalue weighted by Gasteiger charge is 2.22. The number of ether oxygens (including phenoxy) is 3. The van der Waals surface area contributed by atoms with Crippen LogP contribution in [0.15, 0.2) is 47.4 Å². The van der Waals surface area contributed by atoms with Gasteiger partial charge in [-0.15, -0.1) is 0 Å². The zero-order valence-corrected chi connectivity index (χ0v) is 18.1. The lowest BCUT2D eigenvalue weighted by Gasteiger charge is -2.32. The molecule has 2 aliphatic rings. The summed E-state index contributed by atoms with van der Waals surface area (Å²) in [5.41, 5.74) is 0. The van der Waals surface area contributed by atoms with E-state index < -0.39 is 10.0 Å². The van der Waals surface area contributed by atoms with Gasteiger partial charge in [0.2, 0.25) is 15.8 Å². The summed E-state index contributed by atoms with van der Waals surface area (Å²) in [4.78, 5) is 2.41. The van der Waals surface area contributed by atoms with E-state index in [9.17, 15) is 13.5 Å². The van der Waals surface area contributed by atoms with Crippen molar-refractivity contribution >= 4 is 10.0 Å². The molecule has 4 rings (SSSR count). The van der Waals surface area contributed by atoms with Crippen molar-refractivity contribution in [3.05, 3.63) is 42.5 Å². The van der Waals surface area contributed by atoms with Crippen LogP contribution in [0.4, 0.5) is 0 Å². The Hall–Kier alpha value is -2.49. The molecule has 2 heterocycles. The molecule has 1 saturated heterocycles. The molecule has 2 aliphatic heterocycles. The number of nitrogens with zero attached hydrogens (tertiary/aromatic N) is 1. The molecule has 0 atom stereocenters. The number of phenols is 1. The number of rotatable bonds is 8. The summed E-state index contributed by atoms with van der Waals surface area (Å²) in [6.07, 6.45) is 1.83. The number of hydrogen-bond acceptors (Lipinski definition) is 7. The van der Waals surface area contributed by atoms with Crippen molar-refractivity contribution in [2.45, 2.75) is 17.7 Å². The molecule has 0 radical (unpaired) electrons. The van der Waals surface area contributed by atoms with E-state index in [1.807, 2.05) is 18.2 Å². The molecule has 0 saturated carbocycles. The number of aromatic hydroxyl groups is 1. The fourth-order valence-electron chi connectivity index (χ4n) is 3.82. The zero-order valence-electron chi connectivity index (χ0n) is 17.3. The van der Waals surface area contributed by atoms with E-state index in [0.717, 1.165) is 38.2 Å². The highest BCUT2D eigenvalue weighted by atomic mass is 32.2. The number of phenolic OH excluding ortho intramolecular Hbond substituents is 1. The molecular weight excluding hydrogens is 420 g/mol. The van der Waals surface area contributed by atoms with Gasteiger partial charge in [0.1, 0.15) is 25.6 Å². The first-order valence-electron chi connectivity index (χ1n) is 10.5. The lowest BCUT2D eigenvalue weighted by molar-refractivity contribution is 0.143. The molecule has 168 valence electrons. The van der Waals surface area contributed by atoms with Gasteiger partial charge in [-0.2, -0.15) is 0 Å². The maximum atomic E-state index is 12.4. The second-order valence-electron chi connectivity index (χ2n) is 7.76. The predicted molar refractivity (Wildman–Crippen MR) is 115 cm³/mol. The van der Waals surface area contributed by atoms with Crippen LogP contribution in [0.5, 0.6) is 23.0 Å². The Bertz CT molecular complexity index is 989. The summed E-state index contributed by atoms with van der Waals surface area (Å²) in [5.74, 6) is 2.32. The van der Waals surface area contributed by atoms with Crippen LogP contribution in [0, 0.1) is 5.92 Å². The van der Waals surface area contributed by atoms with Crippen LogP contribution < -0.4 is 18.9 Å². The van der Waals surface area contributed by atoms with Gasteiger partial charge in [-0.3, -0.25) is 4.90 Å². The second kappa shape index (κ2) is 9.76. The van der Waals surface area contributed by atoms with Crippen LogP contribution in [0.3, 0.4) is 0 Å². The summed E-state index contributed by atoms with van der Waals surface area (Å²) in [5, 5.41) is 9.50. The monoisotopic (exact) mass is 448 g/mol. The van der Waals surface area contributed by atoms with Gasteiger partial charge in [-0.1, -0.05) is 12.1 Å². The van der Waals surface area contributed by atoms with E-state index in [4.69, 9.17) is 14.2 Å². The first kappa shape index (κ1) is 21.7. The first-order chi connectivity index (χ1) is 15.0. The topological polar surface area (TPSA) is 97.3 Å². The minimum atomic E-state index is -3.61. The van der Waals surface area contributed by atoms with E-state index in [2.05, 4.69) is 9.62 Å². The molecule has 2 aromatic rings. The van der Waals surface area contributed by atoms with Gasteiger partial charge in [0.15, 0.2) is 11.5 Å². The molecule has 0 aliphatic carbocycles. The van der Waals surface area contributed by atoms with Crippen molar-refractivity contribution < 1.29 is 27.7 Å². The van der Waals surface area contributed by atoms with E-state index in [-0.39, 0.29) is 16.6 Å². The maximum absolute atomic E-state index is 12.4. The third-order valence-corrected chi connectivity index (χ3v) is 7.01. The van der Waals surface area contributed by atoms with E-state index >= 15 is 0 Å². The van der Waals surface area contributed by atoms with E-state index in [1.54, 1.807) is 0 Å². The molecule has 31 heavy (non-hydrogen) atoms. The third-order valence-electron chi connectivity index (χ3n) is 5.59. The molecule has 0 bridgehead atoms. The van der Waals surface area contributed by atoms with Crippen molar-refractivity contribution in [1.82, 2.24) is 9.62 Å². The number of nitrogens with one attached hydrogen (secondary N) is 1. The largest absolute Gasteiger partial charge is 0.508 e. The minimum Gasteiger partial charge on any atom is -0.508 e. The summed E-state index contributed by atoms with van der Waals surface area (Å²) in [6.45, 7) is 4.62. The standard InChI is InChI=1S/C22H28N2O6S/c25-18-3-1-4-19(15-18)31(26,27)23-16-17-7-9-24(10-8-17)11-12-28-20-5-2-6-21-22(20)30-14-13-29-21/h1-6,15,17,23,25H,7-14,16H2. The molecule has 8 nitrogen and oxygen atoms in total. The maximum Gasteiger partial charge on any atom is 0.240 e. The predicted octanol–water partition coefficient (Wildman–Crippen LogP) is 2.23. The van der Waals surface area contributed by atoms with Crippen LogP contribution in [0.2, 0.25) is 0 Å². The smallest absolute Gasteiger partial charge is 0.240 e. The van der Waals surface area contributed by atoms with E-state index in [0.29, 0.717) is 37.9 Å². The molecule has 0 amide bonds. The Kier molecular flexibility index (Phi) is 6.84. The molecule has 2 N–H and O–H groups in total. The number of sulfonamides is 1. The Balaban J connectivity index is 1.19. The molecule has 9 heteroatoms. The lowest BCUT2D eigenvalue weighted by atomic mass is 9.97. The van der Waals surface area contributed by atoms with Gasteiger partial charge in [0.05, 0.1) is 4.90 Å². The normalized spacial score (nSPS) is 17.4. The van der Waals surface area contributed by atoms with Crippen LogP contribution in [-0.4, -0.2) is 64.4 Å². The highest BCUT2D eigenvalue weighted by molar-refractivity contribution is 7.89. The van der Waals surface area contributed by atoms with Crippen LogP contribution >= 0.6 is 0 Å². The zero-order chi connectivity index (χ0) is 21.7.